The van der Waals surface area contributed by atoms with Gasteiger partial charge in [0.1, 0.15) is 24.4 Å². The lowest BCUT2D eigenvalue weighted by Gasteiger charge is -2.31. The lowest BCUT2D eigenvalue weighted by Crippen LogP contribution is -2.46. The number of phosphoric ester groups is 1. The van der Waals surface area contributed by atoms with Crippen molar-refractivity contribution < 1.29 is 46.6 Å². The molecule has 0 saturated carbocycles. The maximum atomic E-state index is 14.7. The van der Waals surface area contributed by atoms with Gasteiger partial charge >= 0.3 is 19.2 Å². The predicted molar refractivity (Wildman–Crippen MR) is 230 cm³/mol. The van der Waals surface area contributed by atoms with Crippen LogP contribution in [0.4, 0.5) is 0 Å². The molecule has 0 bridgehead atoms. The SMILES string of the molecule is CCCCCCCCCCCCCCCCCN(C[C@H]1O[C@@H](n2ccc(=O)[nH]c2=O)C(OC)C1OP(=O)(OC)OC)C(=O)CC1C(OC)[C@H](n2ccc(=O)[nH]c2=O)O[C@@H]1COC. The van der Waals surface area contributed by atoms with Gasteiger partial charge in [0.25, 0.3) is 11.1 Å². The van der Waals surface area contributed by atoms with E-state index in [1.54, 1.807) is 4.90 Å². The maximum absolute atomic E-state index is 14.7. The fourth-order valence-electron chi connectivity index (χ4n) is 8.43. The van der Waals surface area contributed by atoms with E-state index in [9.17, 15) is 28.5 Å². The Balaban J connectivity index is 1.52. The summed E-state index contributed by atoms with van der Waals surface area (Å²) in [6.45, 7) is 2.55. The molecule has 19 nitrogen and oxygen atoms in total. The van der Waals surface area contributed by atoms with E-state index < -0.39 is 79.2 Å². The van der Waals surface area contributed by atoms with Gasteiger partial charge < -0.3 is 28.6 Å². The van der Waals surface area contributed by atoms with Crippen molar-refractivity contribution in [1.82, 2.24) is 24.0 Å². The van der Waals surface area contributed by atoms with Crippen molar-refractivity contribution in [2.24, 2.45) is 5.92 Å². The van der Waals surface area contributed by atoms with Crippen LogP contribution < -0.4 is 22.5 Å². The molecule has 0 spiro atoms. The summed E-state index contributed by atoms with van der Waals surface area (Å²) in [7, 11) is 2.47. The molecule has 62 heavy (non-hydrogen) atoms. The Hall–Kier alpha value is -3.26. The first-order valence-corrected chi connectivity index (χ1v) is 23.6. The maximum Gasteiger partial charge on any atom is 0.474 e. The number of unbranched alkanes of at least 4 members (excludes halogenated alkanes) is 14. The fourth-order valence-corrected chi connectivity index (χ4v) is 9.31. The number of methoxy groups -OCH3 is 3. The van der Waals surface area contributed by atoms with Gasteiger partial charge in [0, 0.05) is 85.5 Å². The number of amides is 1. The van der Waals surface area contributed by atoms with E-state index in [4.69, 9.17) is 37.3 Å². The monoisotopic (exact) mass is 899 g/mol. The summed E-state index contributed by atoms with van der Waals surface area (Å²) >= 11 is 0. The third-order valence-electron chi connectivity index (χ3n) is 11.8. The number of aromatic amines is 2. The summed E-state index contributed by atoms with van der Waals surface area (Å²) in [6, 6.07) is 2.36. The van der Waals surface area contributed by atoms with Gasteiger partial charge in [-0.15, -0.1) is 0 Å². The Morgan fingerprint density at radius 2 is 1.15 bits per heavy atom. The molecule has 8 atom stereocenters. The van der Waals surface area contributed by atoms with Crippen LogP contribution in [0, 0.1) is 5.92 Å². The molecule has 2 N–H and O–H groups in total. The molecule has 0 radical (unpaired) electrons. The standard InChI is InChI=1S/C42H70N5O14P/c1-7-8-9-10-11-12-13-14-15-16-17-18-19-20-21-24-45(35(50)27-30-32(29-54-2)60-39(36(30)55-3)46-25-22-33(48)43-41(46)51)28-31-37(61-62(53,57-5)58-6)38(56-4)40(59-31)47-26-23-34(49)44-42(47)52/h22-23,25-26,30-32,36-40H,7-21,24,27-29H2,1-6H3,(H,43,48,51)(H,44,49,52)/t30?,31-,32-,36?,37?,38?,39-,40-/m1/s1. The van der Waals surface area contributed by atoms with Gasteiger partial charge in [-0.2, -0.15) is 0 Å². The summed E-state index contributed by atoms with van der Waals surface area (Å²) in [5.41, 5.74) is -2.65. The molecule has 352 valence electrons. The highest BCUT2D eigenvalue weighted by Gasteiger charge is 2.52. The summed E-state index contributed by atoms with van der Waals surface area (Å²) < 4.78 is 61.8. The van der Waals surface area contributed by atoms with Gasteiger partial charge in [-0.1, -0.05) is 96.8 Å². The first-order valence-electron chi connectivity index (χ1n) is 22.1. The first-order chi connectivity index (χ1) is 29.9. The van der Waals surface area contributed by atoms with Gasteiger partial charge in [0.2, 0.25) is 5.91 Å². The highest BCUT2D eigenvalue weighted by molar-refractivity contribution is 7.48. The number of hydrogen-bond acceptors (Lipinski definition) is 14. The molecular formula is C42H70N5O14P. The zero-order valence-corrected chi connectivity index (χ0v) is 38.3. The van der Waals surface area contributed by atoms with E-state index in [-0.39, 0.29) is 25.5 Å². The van der Waals surface area contributed by atoms with Crippen molar-refractivity contribution in [3.63, 3.8) is 0 Å². The molecule has 2 aliphatic heterocycles. The van der Waals surface area contributed by atoms with Gasteiger partial charge in [-0.3, -0.25) is 47.1 Å². The Labute approximate surface area is 363 Å². The molecule has 2 aromatic rings. The fraction of sp³-hybridized carbons (Fsp3) is 0.786. The van der Waals surface area contributed by atoms with Crippen LogP contribution in [0.2, 0.25) is 0 Å². The van der Waals surface area contributed by atoms with E-state index in [1.807, 2.05) is 0 Å². The summed E-state index contributed by atoms with van der Waals surface area (Å²) in [5, 5.41) is 0. The normalized spacial score (nSPS) is 23.9. The number of nitrogens with zero attached hydrogens (tertiary/aromatic N) is 3. The Morgan fingerprint density at radius 1 is 0.677 bits per heavy atom. The van der Waals surface area contributed by atoms with E-state index in [0.29, 0.717) is 13.0 Å². The highest BCUT2D eigenvalue weighted by Crippen LogP contribution is 2.52. The van der Waals surface area contributed by atoms with Gasteiger partial charge in [-0.25, -0.2) is 14.2 Å². The van der Waals surface area contributed by atoms with E-state index in [2.05, 4.69) is 16.9 Å². The minimum absolute atomic E-state index is 0.0849. The molecule has 4 rings (SSSR count). The Kier molecular flexibility index (Phi) is 22.0. The Bertz CT molecular complexity index is 1910. The summed E-state index contributed by atoms with van der Waals surface area (Å²) in [5.74, 6) is -0.901. The number of phosphoric acid groups is 1. The Morgan fingerprint density at radius 3 is 1.60 bits per heavy atom. The number of carbonyl (C=O) groups is 1. The number of nitrogens with one attached hydrogen (secondary N) is 2. The number of carbonyl (C=O) groups excluding carboxylic acids is 1. The number of ether oxygens (including phenoxy) is 5. The summed E-state index contributed by atoms with van der Waals surface area (Å²) in [4.78, 5) is 70.4. The predicted octanol–water partition coefficient (Wildman–Crippen LogP) is 5.05. The molecule has 4 unspecified atom stereocenters. The van der Waals surface area contributed by atoms with Gasteiger partial charge in [0.05, 0.1) is 12.7 Å². The van der Waals surface area contributed by atoms with Crippen LogP contribution in [0.3, 0.4) is 0 Å². The van der Waals surface area contributed by atoms with Crippen LogP contribution in [0.15, 0.2) is 43.7 Å². The highest BCUT2D eigenvalue weighted by atomic mass is 31.2. The van der Waals surface area contributed by atoms with E-state index in [1.165, 1.54) is 109 Å². The van der Waals surface area contributed by atoms with Gasteiger partial charge in [0.15, 0.2) is 12.5 Å². The molecule has 1 amide bonds. The first kappa shape index (κ1) is 51.4. The number of rotatable bonds is 30. The largest absolute Gasteiger partial charge is 0.474 e. The molecule has 0 aliphatic carbocycles. The molecule has 0 aromatic carbocycles. The van der Waals surface area contributed by atoms with Crippen LogP contribution >= 0.6 is 7.82 Å². The van der Waals surface area contributed by atoms with Crippen LogP contribution in [-0.2, 0) is 46.6 Å². The second-order valence-corrected chi connectivity index (χ2v) is 17.9. The molecular weight excluding hydrogens is 829 g/mol. The quantitative estimate of drug-likeness (QED) is 0.0775. The summed E-state index contributed by atoms with van der Waals surface area (Å²) in [6.07, 6.45) is 13.3. The minimum atomic E-state index is -4.18. The molecule has 2 saturated heterocycles. The van der Waals surface area contributed by atoms with E-state index in [0.717, 1.165) is 50.5 Å². The van der Waals surface area contributed by atoms with Crippen LogP contribution in [0.25, 0.3) is 0 Å². The average Bonchev–Trinajstić information content (AvgIpc) is 3.77. The lowest BCUT2D eigenvalue weighted by atomic mass is 9.93. The van der Waals surface area contributed by atoms with Crippen molar-refractivity contribution in [3.8, 4) is 0 Å². The number of H-pyrrole nitrogens is 2. The van der Waals surface area contributed by atoms with Crippen molar-refractivity contribution >= 4 is 13.7 Å². The van der Waals surface area contributed by atoms with Gasteiger partial charge in [-0.05, 0) is 6.42 Å². The van der Waals surface area contributed by atoms with Crippen molar-refractivity contribution in [3.05, 3.63) is 66.2 Å². The van der Waals surface area contributed by atoms with Crippen LogP contribution in [0.5, 0.6) is 0 Å². The van der Waals surface area contributed by atoms with Crippen molar-refractivity contribution in [2.75, 3.05) is 55.2 Å². The third kappa shape index (κ3) is 14.6. The second-order valence-electron chi connectivity index (χ2n) is 16.1. The van der Waals surface area contributed by atoms with Crippen LogP contribution in [0.1, 0.15) is 122 Å². The molecule has 2 fully saturated rings. The third-order valence-corrected chi connectivity index (χ3v) is 13.2. The smallest absolute Gasteiger partial charge is 0.382 e. The van der Waals surface area contributed by atoms with Crippen molar-refractivity contribution in [1.29, 1.82) is 0 Å². The molecule has 20 heteroatoms. The lowest BCUT2D eigenvalue weighted by molar-refractivity contribution is -0.137. The minimum Gasteiger partial charge on any atom is -0.382 e. The zero-order chi connectivity index (χ0) is 45.1. The van der Waals surface area contributed by atoms with Crippen LogP contribution in [-0.4, -0.2) is 116 Å². The molecule has 2 aromatic heterocycles. The topological polar surface area (TPSA) is 221 Å². The zero-order valence-electron chi connectivity index (χ0n) is 37.4. The number of hydrogen-bond donors (Lipinski definition) is 2. The second kappa shape index (κ2) is 26.5. The number of aromatic nitrogens is 4. The average molecular weight is 900 g/mol. The van der Waals surface area contributed by atoms with Crippen molar-refractivity contribution in [2.45, 2.75) is 153 Å². The molecule has 4 heterocycles. The van der Waals surface area contributed by atoms with E-state index >= 15 is 0 Å². The molecule has 2 aliphatic rings.